The van der Waals surface area contributed by atoms with Gasteiger partial charge in [-0.2, -0.15) is 0 Å². The lowest BCUT2D eigenvalue weighted by Crippen LogP contribution is -2.51. The average molecular weight is 215 g/mol. The minimum Gasteiger partial charge on any atom is -0.314 e. The summed E-state index contributed by atoms with van der Waals surface area (Å²) in [6, 6.07) is 9.86. The number of benzene rings is 1. The van der Waals surface area contributed by atoms with Gasteiger partial charge in [0.1, 0.15) is 0 Å². The van der Waals surface area contributed by atoms with E-state index >= 15 is 0 Å². The molecule has 0 radical (unpaired) electrons. The first-order valence-corrected chi connectivity index (χ1v) is 6.71. The molecule has 0 bridgehead atoms. The van der Waals surface area contributed by atoms with Crippen LogP contribution in [0.4, 0.5) is 0 Å². The second kappa shape index (κ2) is 4.21. The van der Waals surface area contributed by atoms with E-state index < -0.39 is 0 Å². The van der Waals surface area contributed by atoms with E-state index in [9.17, 15) is 0 Å². The Bertz CT molecular complexity index is 371. The third kappa shape index (κ3) is 1.58. The number of aryl methyl sites for hydroxylation is 1. The van der Waals surface area contributed by atoms with E-state index in [1.807, 2.05) is 0 Å². The van der Waals surface area contributed by atoms with Crippen LogP contribution in [0.3, 0.4) is 0 Å². The summed E-state index contributed by atoms with van der Waals surface area (Å²) in [6.07, 6.45) is 5.30. The van der Waals surface area contributed by atoms with Crippen LogP contribution in [-0.4, -0.2) is 12.6 Å². The van der Waals surface area contributed by atoms with Gasteiger partial charge in [-0.25, -0.2) is 0 Å². The molecular weight excluding hydrogens is 194 g/mol. The fraction of sp³-hybridized carbons (Fsp3) is 0.600. The topological polar surface area (TPSA) is 12.0 Å². The number of nitrogens with one attached hydrogen (secondary N) is 1. The molecule has 2 aliphatic rings. The number of hydrogen-bond acceptors (Lipinski definition) is 1. The van der Waals surface area contributed by atoms with Crippen molar-refractivity contribution in [1.82, 2.24) is 5.32 Å². The summed E-state index contributed by atoms with van der Waals surface area (Å²) >= 11 is 0. The maximum atomic E-state index is 3.70. The molecule has 1 aromatic carbocycles. The van der Waals surface area contributed by atoms with Crippen LogP contribution >= 0.6 is 0 Å². The summed E-state index contributed by atoms with van der Waals surface area (Å²) in [5.74, 6) is 1.78. The van der Waals surface area contributed by atoms with E-state index in [0.717, 1.165) is 17.9 Å². The van der Waals surface area contributed by atoms with Gasteiger partial charge >= 0.3 is 0 Å². The van der Waals surface area contributed by atoms with Crippen molar-refractivity contribution in [2.75, 3.05) is 6.54 Å². The second-order valence-electron chi connectivity index (χ2n) is 5.30. The van der Waals surface area contributed by atoms with Crippen molar-refractivity contribution in [3.8, 4) is 0 Å². The van der Waals surface area contributed by atoms with E-state index in [0.29, 0.717) is 0 Å². The lowest BCUT2D eigenvalue weighted by atomic mass is 9.60. The van der Waals surface area contributed by atoms with Crippen LogP contribution in [0.15, 0.2) is 24.3 Å². The molecular formula is C15H21N. The largest absolute Gasteiger partial charge is 0.314 e. The monoisotopic (exact) mass is 215 g/mol. The Hall–Kier alpha value is -0.820. The van der Waals surface area contributed by atoms with Crippen LogP contribution in [0, 0.1) is 5.92 Å². The van der Waals surface area contributed by atoms with Crippen molar-refractivity contribution in [3.05, 3.63) is 35.4 Å². The van der Waals surface area contributed by atoms with Crippen LogP contribution in [0.25, 0.3) is 0 Å². The molecule has 1 heteroatoms. The molecule has 0 aliphatic heterocycles. The van der Waals surface area contributed by atoms with Crippen LogP contribution < -0.4 is 5.32 Å². The highest BCUT2D eigenvalue weighted by molar-refractivity contribution is 5.36. The zero-order chi connectivity index (χ0) is 11.0. The fourth-order valence-corrected chi connectivity index (χ4v) is 3.48. The minimum absolute atomic E-state index is 0.804. The molecule has 3 rings (SSSR count). The zero-order valence-corrected chi connectivity index (χ0v) is 10.1. The van der Waals surface area contributed by atoms with E-state index in [-0.39, 0.29) is 0 Å². The Labute approximate surface area is 98.3 Å². The molecule has 0 amide bonds. The second-order valence-corrected chi connectivity index (χ2v) is 5.30. The molecule has 0 aromatic heterocycles. The summed E-state index contributed by atoms with van der Waals surface area (Å²) in [7, 11) is 0. The summed E-state index contributed by atoms with van der Waals surface area (Å²) in [5, 5.41) is 3.70. The van der Waals surface area contributed by atoms with Crippen molar-refractivity contribution in [3.63, 3.8) is 0 Å². The molecule has 0 heterocycles. The highest BCUT2D eigenvalue weighted by Crippen LogP contribution is 2.49. The van der Waals surface area contributed by atoms with Gasteiger partial charge in [0.2, 0.25) is 0 Å². The highest BCUT2D eigenvalue weighted by atomic mass is 14.9. The van der Waals surface area contributed by atoms with Crippen molar-refractivity contribution in [1.29, 1.82) is 0 Å². The third-order valence-electron chi connectivity index (χ3n) is 4.40. The minimum atomic E-state index is 0.804. The van der Waals surface area contributed by atoms with E-state index in [4.69, 9.17) is 0 Å². The highest BCUT2D eigenvalue weighted by Gasteiger charge is 2.43. The molecule has 3 unspecified atom stereocenters. The predicted octanol–water partition coefficient (Wildman–Crippen LogP) is 3.10. The summed E-state index contributed by atoms with van der Waals surface area (Å²) in [4.78, 5) is 0. The molecule has 3 atom stereocenters. The average Bonchev–Trinajstić information content (AvgIpc) is 2.29. The van der Waals surface area contributed by atoms with Crippen molar-refractivity contribution < 1.29 is 0 Å². The summed E-state index contributed by atoms with van der Waals surface area (Å²) in [5.41, 5.74) is 3.26. The van der Waals surface area contributed by atoms with Gasteiger partial charge in [-0.15, -0.1) is 0 Å². The van der Waals surface area contributed by atoms with Crippen molar-refractivity contribution >= 4 is 0 Å². The van der Waals surface area contributed by atoms with Gasteiger partial charge in [0.05, 0.1) is 0 Å². The van der Waals surface area contributed by atoms with Crippen molar-refractivity contribution in [2.45, 2.75) is 44.6 Å². The standard InChI is InChI=1S/C15H21N/c1-2-9-16-15-10-14-12-6-4-3-5-11(12)7-8-13(14)15/h3-6,13-16H,2,7-10H2,1H3. The lowest BCUT2D eigenvalue weighted by Gasteiger charge is -2.49. The molecule has 1 aromatic rings. The Morgan fingerprint density at radius 2 is 2.19 bits per heavy atom. The molecule has 0 saturated heterocycles. The zero-order valence-electron chi connectivity index (χ0n) is 10.1. The van der Waals surface area contributed by atoms with Crippen LogP contribution in [0.5, 0.6) is 0 Å². The molecule has 0 spiro atoms. The Balaban J connectivity index is 1.72. The first kappa shape index (κ1) is 10.3. The van der Waals surface area contributed by atoms with Gasteiger partial charge in [0.25, 0.3) is 0 Å². The smallest absolute Gasteiger partial charge is 0.0107 e. The summed E-state index contributed by atoms with van der Waals surface area (Å²) < 4.78 is 0. The first-order valence-electron chi connectivity index (χ1n) is 6.71. The molecule has 1 N–H and O–H groups in total. The van der Waals surface area contributed by atoms with Crippen LogP contribution in [-0.2, 0) is 6.42 Å². The molecule has 1 nitrogen and oxygen atoms in total. The summed E-state index contributed by atoms with van der Waals surface area (Å²) in [6.45, 7) is 3.44. The Morgan fingerprint density at radius 3 is 3.06 bits per heavy atom. The maximum absolute atomic E-state index is 3.70. The maximum Gasteiger partial charge on any atom is 0.0107 e. The number of fused-ring (bicyclic) bond motifs is 3. The van der Waals surface area contributed by atoms with Gasteiger partial charge < -0.3 is 5.32 Å². The van der Waals surface area contributed by atoms with Gasteiger partial charge in [0.15, 0.2) is 0 Å². The fourth-order valence-electron chi connectivity index (χ4n) is 3.48. The van der Waals surface area contributed by atoms with Gasteiger partial charge in [0, 0.05) is 6.04 Å². The van der Waals surface area contributed by atoms with Gasteiger partial charge in [-0.1, -0.05) is 31.2 Å². The Morgan fingerprint density at radius 1 is 1.31 bits per heavy atom. The Kier molecular flexibility index (Phi) is 2.72. The van der Waals surface area contributed by atoms with Crippen molar-refractivity contribution in [2.24, 2.45) is 5.92 Å². The SMILES string of the molecule is CCCNC1CC2c3ccccc3CCC12. The number of rotatable bonds is 3. The quantitative estimate of drug-likeness (QED) is 0.817. The van der Waals surface area contributed by atoms with Gasteiger partial charge in [-0.3, -0.25) is 0 Å². The predicted molar refractivity (Wildman–Crippen MR) is 67.7 cm³/mol. The molecule has 1 fully saturated rings. The van der Waals surface area contributed by atoms with Gasteiger partial charge in [-0.05, 0) is 55.2 Å². The van der Waals surface area contributed by atoms with Crippen LogP contribution in [0.1, 0.15) is 43.2 Å². The molecule has 1 saturated carbocycles. The van der Waals surface area contributed by atoms with Crippen LogP contribution in [0.2, 0.25) is 0 Å². The molecule has 2 aliphatic carbocycles. The molecule has 86 valence electrons. The first-order chi connectivity index (χ1) is 7.90. The van der Waals surface area contributed by atoms with E-state index in [1.54, 1.807) is 11.1 Å². The number of hydrogen-bond donors (Lipinski definition) is 1. The van der Waals surface area contributed by atoms with E-state index in [1.165, 1.54) is 32.2 Å². The lowest BCUT2D eigenvalue weighted by molar-refractivity contribution is 0.145. The third-order valence-corrected chi connectivity index (χ3v) is 4.40. The van der Waals surface area contributed by atoms with E-state index in [2.05, 4.69) is 36.5 Å². The normalized spacial score (nSPS) is 31.4. The molecule has 16 heavy (non-hydrogen) atoms.